The van der Waals surface area contributed by atoms with Gasteiger partial charge in [0.2, 0.25) is 0 Å². The first-order valence-electron chi connectivity index (χ1n) is 7.72. The molecule has 0 saturated carbocycles. The predicted molar refractivity (Wildman–Crippen MR) is 88.4 cm³/mol. The van der Waals surface area contributed by atoms with E-state index in [0.29, 0.717) is 24.2 Å². The Morgan fingerprint density at radius 3 is 2.35 bits per heavy atom. The number of rotatable bonds is 4. The van der Waals surface area contributed by atoms with Gasteiger partial charge in [-0.15, -0.1) is 0 Å². The van der Waals surface area contributed by atoms with Crippen LogP contribution in [0.15, 0.2) is 72.2 Å². The SMILES string of the molecule is O=C(NC1=C(F)CN(Cc2ccccc2)CC1)c1ccccc1. The summed E-state index contributed by atoms with van der Waals surface area (Å²) in [5.41, 5.74) is 2.11. The van der Waals surface area contributed by atoms with E-state index >= 15 is 0 Å². The van der Waals surface area contributed by atoms with Crippen LogP contribution < -0.4 is 5.32 Å². The minimum atomic E-state index is -0.257. The van der Waals surface area contributed by atoms with Crippen LogP contribution in [0.2, 0.25) is 0 Å². The van der Waals surface area contributed by atoms with Crippen molar-refractivity contribution in [3.8, 4) is 0 Å². The van der Waals surface area contributed by atoms with Gasteiger partial charge in [0.15, 0.2) is 0 Å². The van der Waals surface area contributed by atoms with E-state index in [1.54, 1.807) is 24.3 Å². The topological polar surface area (TPSA) is 32.3 Å². The van der Waals surface area contributed by atoms with Gasteiger partial charge < -0.3 is 5.32 Å². The Kier molecular flexibility index (Phi) is 4.83. The van der Waals surface area contributed by atoms with Crippen LogP contribution in [0.5, 0.6) is 0 Å². The smallest absolute Gasteiger partial charge is 0.255 e. The highest BCUT2D eigenvalue weighted by Crippen LogP contribution is 2.19. The third-order valence-electron chi connectivity index (χ3n) is 3.92. The average Bonchev–Trinajstić information content (AvgIpc) is 2.59. The summed E-state index contributed by atoms with van der Waals surface area (Å²) in [5.74, 6) is -0.510. The lowest BCUT2D eigenvalue weighted by atomic mass is 10.1. The zero-order valence-electron chi connectivity index (χ0n) is 12.8. The van der Waals surface area contributed by atoms with Crippen LogP contribution in [0.1, 0.15) is 22.3 Å². The first-order valence-corrected chi connectivity index (χ1v) is 7.72. The zero-order chi connectivity index (χ0) is 16.1. The third kappa shape index (κ3) is 4.05. The lowest BCUT2D eigenvalue weighted by molar-refractivity contribution is 0.0959. The molecule has 1 N–H and O–H groups in total. The van der Waals surface area contributed by atoms with Gasteiger partial charge in [-0.3, -0.25) is 9.69 Å². The molecule has 2 aromatic rings. The molecule has 0 saturated heterocycles. The number of carbonyl (C=O) groups is 1. The monoisotopic (exact) mass is 310 g/mol. The number of hydrogen-bond donors (Lipinski definition) is 1. The lowest BCUT2D eigenvalue weighted by Gasteiger charge is -2.27. The highest BCUT2D eigenvalue weighted by atomic mass is 19.1. The van der Waals surface area contributed by atoms with Crippen LogP contribution in [0.25, 0.3) is 0 Å². The van der Waals surface area contributed by atoms with Crippen LogP contribution in [0.3, 0.4) is 0 Å². The van der Waals surface area contributed by atoms with Crippen LogP contribution in [-0.2, 0) is 6.54 Å². The third-order valence-corrected chi connectivity index (χ3v) is 3.92. The normalized spacial score (nSPS) is 15.5. The number of halogens is 1. The molecule has 0 fully saturated rings. The van der Waals surface area contributed by atoms with E-state index in [9.17, 15) is 9.18 Å². The number of benzene rings is 2. The van der Waals surface area contributed by atoms with Gasteiger partial charge in [-0.05, 0) is 17.7 Å². The average molecular weight is 310 g/mol. The van der Waals surface area contributed by atoms with Crippen molar-refractivity contribution in [2.75, 3.05) is 13.1 Å². The van der Waals surface area contributed by atoms with E-state index in [2.05, 4.69) is 5.32 Å². The van der Waals surface area contributed by atoms with Gasteiger partial charge in [0.25, 0.3) is 5.91 Å². The molecule has 1 aliphatic rings. The molecular formula is C19H19FN2O. The number of hydrogen-bond acceptors (Lipinski definition) is 2. The molecule has 0 aromatic heterocycles. The minimum Gasteiger partial charge on any atom is -0.323 e. The summed E-state index contributed by atoms with van der Waals surface area (Å²) in [6.45, 7) is 1.68. The largest absolute Gasteiger partial charge is 0.323 e. The summed E-state index contributed by atoms with van der Waals surface area (Å²) in [5, 5.41) is 2.71. The summed E-state index contributed by atoms with van der Waals surface area (Å²) < 4.78 is 14.3. The molecule has 3 rings (SSSR count). The van der Waals surface area contributed by atoms with Gasteiger partial charge in [-0.1, -0.05) is 48.5 Å². The highest BCUT2D eigenvalue weighted by molar-refractivity contribution is 5.95. The van der Waals surface area contributed by atoms with Gasteiger partial charge >= 0.3 is 0 Å². The molecule has 0 atom stereocenters. The standard InChI is InChI=1S/C19H19FN2O/c20-17-14-22(13-15-7-3-1-4-8-15)12-11-18(17)21-19(23)16-9-5-2-6-10-16/h1-10H,11-14H2,(H,21,23). The summed E-state index contributed by atoms with van der Waals surface area (Å²) in [6.07, 6.45) is 0.511. The maximum Gasteiger partial charge on any atom is 0.255 e. The van der Waals surface area contributed by atoms with E-state index < -0.39 is 0 Å². The molecule has 1 heterocycles. The molecule has 0 unspecified atom stereocenters. The van der Waals surface area contributed by atoms with E-state index in [-0.39, 0.29) is 18.3 Å². The van der Waals surface area contributed by atoms with Gasteiger partial charge in [-0.25, -0.2) is 4.39 Å². The van der Waals surface area contributed by atoms with Crippen LogP contribution in [0, 0.1) is 0 Å². The molecule has 118 valence electrons. The Labute approximate surface area is 135 Å². The lowest BCUT2D eigenvalue weighted by Crippen LogP contribution is -2.35. The van der Waals surface area contributed by atoms with Gasteiger partial charge in [0.1, 0.15) is 5.83 Å². The Balaban J connectivity index is 1.62. The molecule has 0 radical (unpaired) electrons. The van der Waals surface area contributed by atoms with Gasteiger partial charge in [-0.2, -0.15) is 0 Å². The molecule has 4 heteroatoms. The van der Waals surface area contributed by atoms with Crippen LogP contribution in [0.4, 0.5) is 4.39 Å². The zero-order valence-corrected chi connectivity index (χ0v) is 12.8. The number of carbonyl (C=O) groups excluding carboxylic acids is 1. The quantitative estimate of drug-likeness (QED) is 0.937. The molecule has 23 heavy (non-hydrogen) atoms. The fourth-order valence-electron chi connectivity index (χ4n) is 2.68. The molecule has 3 nitrogen and oxygen atoms in total. The van der Waals surface area contributed by atoms with Crippen molar-refractivity contribution in [1.29, 1.82) is 0 Å². The Bertz CT molecular complexity index is 698. The van der Waals surface area contributed by atoms with Crippen molar-refractivity contribution in [2.24, 2.45) is 0 Å². The Morgan fingerprint density at radius 2 is 1.70 bits per heavy atom. The summed E-state index contributed by atoms with van der Waals surface area (Å²) in [7, 11) is 0. The fraction of sp³-hybridized carbons (Fsp3) is 0.211. The number of nitrogens with one attached hydrogen (secondary N) is 1. The van der Waals surface area contributed by atoms with E-state index in [1.165, 1.54) is 0 Å². The van der Waals surface area contributed by atoms with Crippen molar-refractivity contribution in [2.45, 2.75) is 13.0 Å². The predicted octanol–water partition coefficient (Wildman–Crippen LogP) is 3.50. The first kappa shape index (κ1) is 15.4. The van der Waals surface area contributed by atoms with Crippen molar-refractivity contribution < 1.29 is 9.18 Å². The van der Waals surface area contributed by atoms with Crippen LogP contribution >= 0.6 is 0 Å². The van der Waals surface area contributed by atoms with Gasteiger partial charge in [0.05, 0.1) is 12.2 Å². The minimum absolute atomic E-state index is 0.235. The number of amides is 1. The molecule has 2 aromatic carbocycles. The maximum atomic E-state index is 14.3. The van der Waals surface area contributed by atoms with Gasteiger partial charge in [0, 0.05) is 25.1 Å². The summed E-state index contributed by atoms with van der Waals surface area (Å²) in [6, 6.07) is 18.9. The molecule has 0 aliphatic carbocycles. The Hall–Kier alpha value is -2.46. The van der Waals surface area contributed by atoms with E-state index in [0.717, 1.165) is 12.1 Å². The van der Waals surface area contributed by atoms with E-state index in [4.69, 9.17) is 0 Å². The molecule has 0 bridgehead atoms. The Morgan fingerprint density at radius 1 is 1.04 bits per heavy atom. The molecular weight excluding hydrogens is 291 g/mol. The second-order valence-corrected chi connectivity index (χ2v) is 5.65. The van der Waals surface area contributed by atoms with Crippen molar-refractivity contribution in [1.82, 2.24) is 10.2 Å². The first-order chi connectivity index (χ1) is 11.2. The second kappa shape index (κ2) is 7.20. The van der Waals surface area contributed by atoms with Crippen molar-refractivity contribution >= 4 is 5.91 Å². The van der Waals surface area contributed by atoms with Crippen molar-refractivity contribution in [3.05, 3.63) is 83.3 Å². The fourth-order valence-corrected chi connectivity index (χ4v) is 2.68. The number of nitrogens with zero attached hydrogens (tertiary/aromatic N) is 1. The highest BCUT2D eigenvalue weighted by Gasteiger charge is 2.21. The molecule has 0 spiro atoms. The van der Waals surface area contributed by atoms with Crippen molar-refractivity contribution in [3.63, 3.8) is 0 Å². The van der Waals surface area contributed by atoms with Crippen LogP contribution in [-0.4, -0.2) is 23.9 Å². The molecule has 1 amide bonds. The summed E-state index contributed by atoms with van der Waals surface area (Å²) >= 11 is 0. The summed E-state index contributed by atoms with van der Waals surface area (Å²) in [4.78, 5) is 14.1. The second-order valence-electron chi connectivity index (χ2n) is 5.65. The molecule has 1 aliphatic heterocycles. The van der Waals surface area contributed by atoms with E-state index in [1.807, 2.05) is 41.3 Å². The maximum absolute atomic E-state index is 14.3.